The molecule has 0 amide bonds. The zero-order chi connectivity index (χ0) is 21.7. The van der Waals surface area contributed by atoms with Gasteiger partial charge in [-0.2, -0.15) is 48.3 Å². The Labute approximate surface area is 143 Å². The molecule has 1 atom stereocenters. The molecule has 0 aromatic carbocycles. The number of hydrogen-bond acceptors (Lipinski definition) is 3. The Hall–Kier alpha value is -1.38. The summed E-state index contributed by atoms with van der Waals surface area (Å²) in [6.07, 6.45) is -26.5. The molecule has 0 aromatic rings. The predicted octanol–water partition coefficient (Wildman–Crippen LogP) is 5.97. The molecule has 27 heavy (non-hydrogen) atoms. The van der Waals surface area contributed by atoms with Crippen LogP contribution in [-0.2, 0) is 14.2 Å². The van der Waals surface area contributed by atoms with Gasteiger partial charge in [-0.1, -0.05) is 19.8 Å². The van der Waals surface area contributed by atoms with Crippen molar-refractivity contribution in [2.45, 2.75) is 56.8 Å². The molecule has 0 fully saturated rings. The number of unbranched alkanes of at least 4 members (excludes halogenated alkanes) is 2. The van der Waals surface area contributed by atoms with E-state index in [2.05, 4.69) is 14.2 Å². The molecule has 0 aliphatic heterocycles. The molecule has 3 nitrogen and oxygen atoms in total. The minimum atomic E-state index is -7.05. The lowest BCUT2D eigenvalue weighted by Gasteiger charge is -2.32. The van der Waals surface area contributed by atoms with Crippen LogP contribution in [0.15, 0.2) is 12.1 Å². The Morgan fingerprint density at radius 1 is 0.852 bits per heavy atom. The first kappa shape index (κ1) is 25.6. The molecule has 0 N–H and O–H groups in total. The fraction of sp³-hybridized carbons (Fsp3) is 0.833. The molecule has 0 bridgehead atoms. The van der Waals surface area contributed by atoms with Crippen molar-refractivity contribution < 1.29 is 66.9 Å². The molecule has 162 valence electrons. The highest BCUT2D eigenvalue weighted by Crippen LogP contribution is 2.49. The Bertz CT molecular complexity index is 504. The third kappa shape index (κ3) is 6.62. The fourth-order valence-corrected chi connectivity index (χ4v) is 1.28. The monoisotopic (exact) mass is 432 g/mol. The number of halogens is 12. The first-order chi connectivity index (χ1) is 12.0. The first-order valence-corrected chi connectivity index (χ1v) is 6.88. The number of ether oxygens (including phenoxy) is 3. The van der Waals surface area contributed by atoms with Crippen molar-refractivity contribution in [3.8, 4) is 0 Å². The third-order valence-corrected chi connectivity index (χ3v) is 2.66. The lowest BCUT2D eigenvalue weighted by Crippen LogP contribution is -2.58. The van der Waals surface area contributed by atoms with E-state index in [1.54, 1.807) is 6.92 Å². The highest BCUT2D eigenvalue weighted by atomic mass is 19.4. The summed E-state index contributed by atoms with van der Waals surface area (Å²) in [6.45, 7) is 0.703. The normalized spacial score (nSPS) is 14.9. The molecule has 0 radical (unpaired) electrons. The summed E-state index contributed by atoms with van der Waals surface area (Å²) in [4.78, 5) is 0. The van der Waals surface area contributed by atoms with Crippen molar-refractivity contribution >= 4 is 0 Å². The summed E-state index contributed by atoms with van der Waals surface area (Å²) < 4.78 is 161. The number of hydrogen-bond donors (Lipinski definition) is 0. The van der Waals surface area contributed by atoms with Crippen LogP contribution in [0, 0.1) is 0 Å². The van der Waals surface area contributed by atoms with Crippen LogP contribution in [-0.4, -0.2) is 37.2 Å². The zero-order valence-corrected chi connectivity index (χ0v) is 13.2. The summed E-state index contributed by atoms with van der Waals surface area (Å²) in [5, 5.41) is 0. The van der Waals surface area contributed by atoms with Crippen molar-refractivity contribution in [3.05, 3.63) is 12.1 Å². The number of rotatable bonds is 12. The van der Waals surface area contributed by atoms with Gasteiger partial charge in [-0.25, -0.2) is 4.39 Å². The molecule has 0 aliphatic rings. The van der Waals surface area contributed by atoms with Gasteiger partial charge in [0.25, 0.3) is 6.36 Å². The second kappa shape index (κ2) is 9.21. The summed E-state index contributed by atoms with van der Waals surface area (Å²) in [5.41, 5.74) is 0. The third-order valence-electron chi connectivity index (χ3n) is 2.66. The van der Waals surface area contributed by atoms with Gasteiger partial charge in [0.1, 0.15) is 0 Å². The van der Waals surface area contributed by atoms with E-state index >= 15 is 0 Å². The minimum absolute atomic E-state index is 0.113. The van der Waals surface area contributed by atoms with Crippen LogP contribution in [0.1, 0.15) is 26.2 Å². The van der Waals surface area contributed by atoms with Crippen LogP contribution < -0.4 is 0 Å². The van der Waals surface area contributed by atoms with Crippen LogP contribution >= 0.6 is 0 Å². The smallest absolute Gasteiger partial charge is 0.397 e. The Morgan fingerprint density at radius 3 is 1.81 bits per heavy atom. The Morgan fingerprint density at radius 2 is 1.37 bits per heavy atom. The average molecular weight is 432 g/mol. The van der Waals surface area contributed by atoms with E-state index in [1.807, 2.05) is 0 Å². The van der Waals surface area contributed by atoms with Gasteiger partial charge >= 0.3 is 36.3 Å². The van der Waals surface area contributed by atoms with Gasteiger partial charge in [-0.05, 0) is 6.42 Å². The molecular formula is C12H12F12O3. The largest absolute Gasteiger partial charge is 0.475 e. The lowest BCUT2D eigenvalue weighted by molar-refractivity contribution is -0.478. The number of alkyl halides is 9. The molecule has 0 rings (SSSR count). The van der Waals surface area contributed by atoms with Gasteiger partial charge in [-0.3, -0.25) is 4.74 Å². The highest BCUT2D eigenvalue weighted by Gasteiger charge is 2.77. The molecule has 0 aliphatic carbocycles. The Balaban J connectivity index is 5.27. The molecule has 0 spiro atoms. The van der Waals surface area contributed by atoms with E-state index in [9.17, 15) is 52.7 Å². The predicted molar refractivity (Wildman–Crippen MR) is 62.7 cm³/mol. The average Bonchev–Trinajstić information content (AvgIpc) is 2.50. The molecule has 0 aromatic heterocycles. The molecule has 15 heteroatoms. The van der Waals surface area contributed by atoms with E-state index in [-0.39, 0.29) is 12.8 Å². The maximum absolute atomic E-state index is 13.1. The second-order valence-electron chi connectivity index (χ2n) is 4.80. The van der Waals surface area contributed by atoms with Crippen molar-refractivity contribution in [2.24, 2.45) is 0 Å². The van der Waals surface area contributed by atoms with Crippen LogP contribution in [0.2, 0.25) is 0 Å². The maximum Gasteiger partial charge on any atom is 0.475 e. The fourth-order valence-electron chi connectivity index (χ4n) is 1.28. The quantitative estimate of drug-likeness (QED) is 0.216. The lowest BCUT2D eigenvalue weighted by atomic mass is 10.3. The molecule has 1 unspecified atom stereocenters. The minimum Gasteiger partial charge on any atom is -0.397 e. The van der Waals surface area contributed by atoms with Crippen molar-refractivity contribution in [1.82, 2.24) is 0 Å². The van der Waals surface area contributed by atoms with Crippen LogP contribution in [0.3, 0.4) is 0 Å². The second-order valence-corrected chi connectivity index (χ2v) is 4.80. The summed E-state index contributed by atoms with van der Waals surface area (Å²) in [7, 11) is 0. The maximum atomic E-state index is 13.1. The van der Waals surface area contributed by atoms with Gasteiger partial charge < -0.3 is 9.47 Å². The molecule has 0 saturated heterocycles. The zero-order valence-electron chi connectivity index (χ0n) is 13.2. The summed E-state index contributed by atoms with van der Waals surface area (Å²) >= 11 is 0. The van der Waals surface area contributed by atoms with E-state index in [0.717, 1.165) is 0 Å². The summed E-state index contributed by atoms with van der Waals surface area (Å²) in [6, 6.07) is -3.66. The summed E-state index contributed by atoms with van der Waals surface area (Å²) in [5.74, 6) is -7.05. The highest BCUT2D eigenvalue weighted by molar-refractivity contribution is 4.91. The molecular weight excluding hydrogens is 420 g/mol. The van der Waals surface area contributed by atoms with Gasteiger partial charge in [-0.15, -0.1) is 0 Å². The van der Waals surface area contributed by atoms with Crippen molar-refractivity contribution in [3.63, 3.8) is 0 Å². The van der Waals surface area contributed by atoms with Gasteiger partial charge in [0.05, 0.1) is 6.61 Å². The van der Waals surface area contributed by atoms with E-state index in [0.29, 0.717) is 6.42 Å². The molecule has 0 saturated carbocycles. The SMILES string of the molecule is CCCCCOC(F)(F)C(F)OC(F)(F)C(F)(F)C(F)(F)OC(F)=C(F)F. The first-order valence-electron chi connectivity index (χ1n) is 6.88. The molecule has 0 heterocycles. The topological polar surface area (TPSA) is 27.7 Å². The van der Waals surface area contributed by atoms with Crippen LogP contribution in [0.5, 0.6) is 0 Å². The van der Waals surface area contributed by atoms with Crippen molar-refractivity contribution in [2.75, 3.05) is 6.61 Å². The van der Waals surface area contributed by atoms with Crippen molar-refractivity contribution in [1.29, 1.82) is 0 Å². The standard InChI is InChI=1S/C12H12F12O3/c1-2-3-4-5-25-9(17,18)8(16)27-12(23,24)10(19,20)11(21,22)26-7(15)6(13)14/h8H,2-5H2,1H3. The van der Waals surface area contributed by atoms with Gasteiger partial charge in [0.2, 0.25) is 0 Å². The van der Waals surface area contributed by atoms with Crippen LogP contribution in [0.4, 0.5) is 52.7 Å². The van der Waals surface area contributed by atoms with E-state index in [4.69, 9.17) is 0 Å². The van der Waals surface area contributed by atoms with Crippen LogP contribution in [0.25, 0.3) is 0 Å². The van der Waals surface area contributed by atoms with Gasteiger partial charge in [0.15, 0.2) is 0 Å². The van der Waals surface area contributed by atoms with Gasteiger partial charge in [0, 0.05) is 0 Å². The Kier molecular flexibility index (Phi) is 8.74. The van der Waals surface area contributed by atoms with E-state index in [1.165, 1.54) is 0 Å². The van der Waals surface area contributed by atoms with E-state index < -0.39 is 49.3 Å².